The Hall–Kier alpha value is -3.66. The predicted molar refractivity (Wildman–Crippen MR) is 127 cm³/mol. The van der Waals surface area contributed by atoms with Crippen LogP contribution in [0.4, 0.5) is 0 Å². The Morgan fingerprint density at radius 2 is 1.39 bits per heavy atom. The summed E-state index contributed by atoms with van der Waals surface area (Å²) in [6.07, 6.45) is 7.57. The first kappa shape index (κ1) is 19.3. The third-order valence-corrected chi connectivity index (χ3v) is 6.11. The zero-order valence-electron chi connectivity index (χ0n) is 18.6. The number of hydrogen-bond acceptors (Lipinski definition) is 2. The van der Waals surface area contributed by atoms with E-state index in [1.165, 1.54) is 38.9 Å². The van der Waals surface area contributed by atoms with Crippen molar-refractivity contribution in [2.75, 3.05) is 0 Å². The van der Waals surface area contributed by atoms with Crippen LogP contribution < -0.4 is 0 Å². The van der Waals surface area contributed by atoms with Crippen LogP contribution in [0.5, 0.6) is 0 Å². The molecule has 5 rings (SSSR count). The molecule has 0 spiro atoms. The van der Waals surface area contributed by atoms with Gasteiger partial charge in [0.2, 0.25) is 0 Å². The van der Waals surface area contributed by atoms with Gasteiger partial charge in [0.1, 0.15) is 6.33 Å². The van der Waals surface area contributed by atoms with Gasteiger partial charge in [-0.25, -0.2) is 9.97 Å². The van der Waals surface area contributed by atoms with Crippen molar-refractivity contribution in [1.29, 1.82) is 0 Å². The molecular formula is C27H26N4. The van der Waals surface area contributed by atoms with Crippen LogP contribution in [0, 0.1) is 34.6 Å². The van der Waals surface area contributed by atoms with E-state index in [-0.39, 0.29) is 0 Å². The molecule has 0 atom stereocenters. The third kappa shape index (κ3) is 3.34. The van der Waals surface area contributed by atoms with Gasteiger partial charge in [-0.3, -0.25) is 4.57 Å². The van der Waals surface area contributed by atoms with E-state index in [1.807, 2.05) is 25.0 Å². The first-order valence-electron chi connectivity index (χ1n) is 10.6. The maximum atomic E-state index is 4.68. The van der Waals surface area contributed by atoms with E-state index in [4.69, 9.17) is 0 Å². The Balaban J connectivity index is 1.79. The van der Waals surface area contributed by atoms with Crippen LogP contribution in [0.1, 0.15) is 27.8 Å². The van der Waals surface area contributed by atoms with Crippen molar-refractivity contribution in [3.8, 4) is 22.5 Å². The Labute approximate surface area is 182 Å². The van der Waals surface area contributed by atoms with Crippen LogP contribution in [0.3, 0.4) is 0 Å². The van der Waals surface area contributed by atoms with Crippen molar-refractivity contribution in [2.24, 2.45) is 0 Å². The van der Waals surface area contributed by atoms with Crippen molar-refractivity contribution in [2.45, 2.75) is 34.6 Å². The lowest BCUT2D eigenvalue weighted by atomic mass is 9.93. The quantitative estimate of drug-likeness (QED) is 0.346. The number of rotatable bonds is 3. The van der Waals surface area contributed by atoms with Crippen molar-refractivity contribution in [1.82, 2.24) is 19.1 Å². The van der Waals surface area contributed by atoms with E-state index >= 15 is 0 Å². The lowest BCUT2D eigenvalue weighted by molar-refractivity contribution is 1.03. The first-order valence-corrected chi connectivity index (χ1v) is 10.6. The highest BCUT2D eigenvalue weighted by atomic mass is 15.1. The summed E-state index contributed by atoms with van der Waals surface area (Å²) >= 11 is 0. The van der Waals surface area contributed by atoms with Crippen LogP contribution in [0.25, 0.3) is 33.5 Å². The molecule has 31 heavy (non-hydrogen) atoms. The molecule has 2 heterocycles. The molecule has 2 aromatic heterocycles. The van der Waals surface area contributed by atoms with Crippen molar-refractivity contribution < 1.29 is 0 Å². The predicted octanol–water partition coefficient (Wildman–Crippen LogP) is 6.42. The molecule has 0 fully saturated rings. The molecule has 0 aliphatic rings. The molecule has 154 valence electrons. The van der Waals surface area contributed by atoms with Crippen LogP contribution in [-0.4, -0.2) is 19.1 Å². The minimum absolute atomic E-state index is 1.01. The molecular weight excluding hydrogens is 380 g/mol. The van der Waals surface area contributed by atoms with Crippen LogP contribution >= 0.6 is 0 Å². The third-order valence-electron chi connectivity index (χ3n) is 6.11. The fourth-order valence-electron chi connectivity index (χ4n) is 4.54. The Morgan fingerprint density at radius 3 is 2.10 bits per heavy atom. The van der Waals surface area contributed by atoms with Crippen LogP contribution in [0.2, 0.25) is 0 Å². The number of aromatic nitrogens is 4. The maximum absolute atomic E-state index is 4.68. The number of aryl methyl sites for hydroxylation is 5. The molecule has 0 saturated heterocycles. The summed E-state index contributed by atoms with van der Waals surface area (Å²) < 4.78 is 4.24. The van der Waals surface area contributed by atoms with Gasteiger partial charge in [0.25, 0.3) is 0 Å². The zero-order chi connectivity index (χ0) is 21.7. The molecule has 0 unspecified atom stereocenters. The largest absolute Gasteiger partial charge is 0.306 e. The van der Waals surface area contributed by atoms with Crippen LogP contribution in [-0.2, 0) is 0 Å². The highest BCUT2D eigenvalue weighted by Gasteiger charge is 2.13. The second kappa shape index (κ2) is 7.24. The van der Waals surface area contributed by atoms with E-state index in [0.717, 1.165) is 22.4 Å². The number of imidazole rings is 2. The highest BCUT2D eigenvalue weighted by molar-refractivity contribution is 5.81. The van der Waals surface area contributed by atoms with Gasteiger partial charge in [0, 0.05) is 23.8 Å². The number of fused-ring (bicyclic) bond motifs is 1. The molecule has 0 N–H and O–H groups in total. The fourth-order valence-corrected chi connectivity index (χ4v) is 4.54. The lowest BCUT2D eigenvalue weighted by Gasteiger charge is -2.16. The van der Waals surface area contributed by atoms with Crippen molar-refractivity contribution in [3.05, 3.63) is 95.3 Å². The maximum Gasteiger partial charge on any atom is 0.100 e. The van der Waals surface area contributed by atoms with Gasteiger partial charge in [0.05, 0.1) is 17.4 Å². The summed E-state index contributed by atoms with van der Waals surface area (Å²) in [6, 6.07) is 15.6. The monoisotopic (exact) mass is 406 g/mol. The van der Waals surface area contributed by atoms with Crippen molar-refractivity contribution >= 4 is 11.0 Å². The molecule has 0 saturated carbocycles. The van der Waals surface area contributed by atoms with Crippen LogP contribution in [0.15, 0.2) is 67.5 Å². The zero-order valence-corrected chi connectivity index (χ0v) is 18.6. The summed E-state index contributed by atoms with van der Waals surface area (Å²) in [5.41, 5.74) is 13.2. The smallest absolute Gasteiger partial charge is 0.100 e. The molecule has 0 aliphatic carbocycles. The second-order valence-corrected chi connectivity index (χ2v) is 8.52. The van der Waals surface area contributed by atoms with Crippen molar-refractivity contribution in [3.63, 3.8) is 0 Å². The Kier molecular flexibility index (Phi) is 4.51. The van der Waals surface area contributed by atoms with Gasteiger partial charge in [-0.15, -0.1) is 0 Å². The minimum atomic E-state index is 1.01. The molecule has 0 amide bonds. The summed E-state index contributed by atoms with van der Waals surface area (Å²) in [7, 11) is 0. The normalized spacial score (nSPS) is 11.4. The average Bonchev–Trinajstić information content (AvgIpc) is 3.38. The first-order chi connectivity index (χ1) is 14.9. The second-order valence-electron chi connectivity index (χ2n) is 8.52. The van der Waals surface area contributed by atoms with Gasteiger partial charge in [-0.1, -0.05) is 17.7 Å². The molecule has 5 aromatic rings. The minimum Gasteiger partial charge on any atom is -0.306 e. The summed E-state index contributed by atoms with van der Waals surface area (Å²) in [6.45, 7) is 10.8. The topological polar surface area (TPSA) is 35.6 Å². The van der Waals surface area contributed by atoms with Gasteiger partial charge < -0.3 is 4.57 Å². The summed E-state index contributed by atoms with van der Waals surface area (Å²) in [5, 5.41) is 0. The summed E-state index contributed by atoms with van der Waals surface area (Å²) in [5.74, 6) is 0. The number of nitrogens with zero attached hydrogens (tertiary/aromatic N) is 4. The van der Waals surface area contributed by atoms with Gasteiger partial charge >= 0.3 is 0 Å². The fraction of sp³-hybridized carbons (Fsp3) is 0.185. The lowest BCUT2D eigenvalue weighted by Crippen LogP contribution is -1.99. The molecule has 3 aromatic carbocycles. The van der Waals surface area contributed by atoms with Gasteiger partial charge in [-0.2, -0.15) is 0 Å². The standard InChI is InChI=1S/C27H26N4/c1-17-8-20(4)27(21(5)9-17)22-12-23(30-7-6-28-15-30)14-24(13-22)31-16-29-25-10-18(2)19(3)11-26(25)31/h6-16H,1-5H3. The van der Waals surface area contributed by atoms with Gasteiger partial charge in [-0.05, 0) is 98.3 Å². The highest BCUT2D eigenvalue weighted by Crippen LogP contribution is 2.33. The van der Waals surface area contributed by atoms with E-state index in [9.17, 15) is 0 Å². The molecule has 0 bridgehead atoms. The van der Waals surface area contributed by atoms with Gasteiger partial charge in [0.15, 0.2) is 0 Å². The number of benzene rings is 3. The van der Waals surface area contributed by atoms with E-state index < -0.39 is 0 Å². The summed E-state index contributed by atoms with van der Waals surface area (Å²) in [4.78, 5) is 8.94. The van der Waals surface area contributed by atoms with E-state index in [1.54, 1.807) is 0 Å². The Bertz CT molecular complexity index is 1400. The van der Waals surface area contributed by atoms with E-state index in [0.29, 0.717) is 0 Å². The molecule has 0 aliphatic heterocycles. The Morgan fingerprint density at radius 1 is 0.677 bits per heavy atom. The molecule has 4 heteroatoms. The van der Waals surface area contributed by atoms with E-state index in [2.05, 4.69) is 96.2 Å². The molecule has 0 radical (unpaired) electrons. The number of hydrogen-bond donors (Lipinski definition) is 0. The average molecular weight is 407 g/mol. The molecule has 4 nitrogen and oxygen atoms in total. The SMILES string of the molecule is Cc1cc(C)c(-c2cc(-n3ccnc3)cc(-n3cnc4cc(C)c(C)cc43)c2)c(C)c1.